The third-order valence-electron chi connectivity index (χ3n) is 5.66. The minimum Gasteiger partial charge on any atom is -0.467 e. The van der Waals surface area contributed by atoms with Gasteiger partial charge in [0, 0.05) is 51.9 Å². The molecule has 2 aromatic rings. The van der Waals surface area contributed by atoms with Crippen molar-refractivity contribution in [2.75, 3.05) is 26.2 Å². The lowest BCUT2D eigenvalue weighted by Gasteiger charge is -2.36. The van der Waals surface area contributed by atoms with Crippen LogP contribution in [0, 0.1) is 5.92 Å². The molecule has 1 aromatic carbocycles. The van der Waals surface area contributed by atoms with E-state index in [0.29, 0.717) is 36.4 Å². The van der Waals surface area contributed by atoms with Crippen LogP contribution in [0.1, 0.15) is 32.6 Å². The number of nitrogens with zero attached hydrogens (tertiary/aromatic N) is 3. The van der Waals surface area contributed by atoms with Crippen molar-refractivity contribution in [2.45, 2.75) is 38.7 Å². The number of carbonyl (C=O) groups is 2. The quantitative estimate of drug-likeness (QED) is 0.759. The Labute approximate surface area is 173 Å². The van der Waals surface area contributed by atoms with Crippen molar-refractivity contribution in [1.82, 2.24) is 14.8 Å². The van der Waals surface area contributed by atoms with E-state index in [1.165, 1.54) is 11.3 Å². The van der Waals surface area contributed by atoms with Crippen molar-refractivity contribution in [1.29, 1.82) is 0 Å². The molecule has 2 saturated heterocycles. The first-order valence-electron chi connectivity index (χ1n) is 9.77. The van der Waals surface area contributed by atoms with Crippen LogP contribution in [-0.2, 0) is 9.59 Å². The molecule has 28 heavy (non-hydrogen) atoms. The molecule has 3 heterocycles. The molecule has 2 aliphatic heterocycles. The molecule has 0 spiro atoms. The van der Waals surface area contributed by atoms with Crippen LogP contribution in [0.5, 0.6) is 5.19 Å². The molecule has 0 atom stereocenters. The van der Waals surface area contributed by atoms with Gasteiger partial charge >= 0.3 is 0 Å². The van der Waals surface area contributed by atoms with Crippen molar-refractivity contribution in [3.8, 4) is 5.19 Å². The average Bonchev–Trinajstić information content (AvgIpc) is 3.12. The van der Waals surface area contributed by atoms with Crippen molar-refractivity contribution >= 4 is 45.0 Å². The number of ether oxygens (including phenoxy) is 1. The van der Waals surface area contributed by atoms with E-state index in [0.717, 1.165) is 35.9 Å². The molecule has 0 radical (unpaired) electrons. The summed E-state index contributed by atoms with van der Waals surface area (Å²) in [5, 5.41) is 1.28. The number of aromatic nitrogens is 1. The Morgan fingerprint density at radius 2 is 1.79 bits per heavy atom. The Kier molecular flexibility index (Phi) is 5.73. The maximum absolute atomic E-state index is 12.8. The molecule has 150 valence electrons. The predicted molar refractivity (Wildman–Crippen MR) is 110 cm³/mol. The SMILES string of the molecule is CC(=O)N1CCC(C(=O)N2CCC(Oc3nc4c(Cl)cccc4s3)CC2)CC1. The molecule has 0 bridgehead atoms. The van der Waals surface area contributed by atoms with Gasteiger partial charge in [0.05, 0.1) is 9.72 Å². The number of thiazole rings is 1. The maximum atomic E-state index is 12.8. The number of halogens is 1. The third kappa shape index (κ3) is 4.10. The number of hydrogen-bond acceptors (Lipinski definition) is 5. The van der Waals surface area contributed by atoms with Gasteiger partial charge in [-0.05, 0) is 25.0 Å². The van der Waals surface area contributed by atoms with Gasteiger partial charge in [-0.2, -0.15) is 0 Å². The minimum absolute atomic E-state index is 0.0412. The summed E-state index contributed by atoms with van der Waals surface area (Å²) in [5.74, 6) is 0.368. The fourth-order valence-electron chi connectivity index (χ4n) is 3.98. The van der Waals surface area contributed by atoms with Crippen LogP contribution in [0.25, 0.3) is 10.2 Å². The summed E-state index contributed by atoms with van der Waals surface area (Å²) in [4.78, 5) is 32.5. The molecule has 0 N–H and O–H groups in total. The maximum Gasteiger partial charge on any atom is 0.274 e. The molecule has 0 saturated carbocycles. The summed E-state index contributed by atoms with van der Waals surface area (Å²) in [7, 11) is 0. The fraction of sp³-hybridized carbons (Fsp3) is 0.550. The van der Waals surface area contributed by atoms with Gasteiger partial charge in [-0.1, -0.05) is 29.0 Å². The van der Waals surface area contributed by atoms with E-state index in [1.807, 2.05) is 28.0 Å². The fourth-order valence-corrected chi connectivity index (χ4v) is 5.16. The van der Waals surface area contributed by atoms with Crippen LogP contribution < -0.4 is 4.74 Å². The van der Waals surface area contributed by atoms with Crippen LogP contribution >= 0.6 is 22.9 Å². The number of hydrogen-bond donors (Lipinski definition) is 0. The Hall–Kier alpha value is -1.86. The van der Waals surface area contributed by atoms with Gasteiger partial charge in [-0.15, -0.1) is 0 Å². The molecule has 4 rings (SSSR count). The zero-order chi connectivity index (χ0) is 19.7. The van der Waals surface area contributed by atoms with E-state index in [1.54, 1.807) is 6.92 Å². The van der Waals surface area contributed by atoms with Crippen LogP contribution in [0.3, 0.4) is 0 Å². The normalized spacial score (nSPS) is 19.2. The van der Waals surface area contributed by atoms with Crippen molar-refractivity contribution in [2.24, 2.45) is 5.92 Å². The third-order valence-corrected chi connectivity index (χ3v) is 6.88. The smallest absolute Gasteiger partial charge is 0.274 e. The number of fused-ring (bicyclic) bond motifs is 1. The summed E-state index contributed by atoms with van der Waals surface area (Å²) in [5.41, 5.74) is 0.786. The van der Waals surface area contributed by atoms with Gasteiger partial charge in [-0.3, -0.25) is 9.59 Å². The molecule has 0 unspecified atom stereocenters. The largest absolute Gasteiger partial charge is 0.467 e. The average molecular weight is 422 g/mol. The summed E-state index contributed by atoms with van der Waals surface area (Å²) in [6.07, 6.45) is 3.22. The Morgan fingerprint density at radius 3 is 2.43 bits per heavy atom. The second-order valence-corrected chi connectivity index (χ2v) is 8.89. The molecular formula is C20H24ClN3O3S. The molecular weight excluding hydrogens is 398 g/mol. The first-order valence-corrected chi connectivity index (χ1v) is 11.0. The Balaban J connectivity index is 1.29. The number of rotatable bonds is 3. The van der Waals surface area contributed by atoms with Gasteiger partial charge in [0.2, 0.25) is 11.8 Å². The van der Waals surface area contributed by atoms with Crippen molar-refractivity contribution in [3.63, 3.8) is 0 Å². The standard InChI is InChI=1S/C20H24ClN3O3S/c1-13(25)23-9-5-14(6-10-23)19(26)24-11-7-15(8-12-24)27-20-22-18-16(21)3-2-4-17(18)28-20/h2-4,14-15H,5-12H2,1H3. The number of amides is 2. The lowest BCUT2D eigenvalue weighted by molar-refractivity contribution is -0.141. The highest BCUT2D eigenvalue weighted by atomic mass is 35.5. The van der Waals surface area contributed by atoms with Crippen LogP contribution in [0.4, 0.5) is 0 Å². The predicted octanol–water partition coefficient (Wildman–Crippen LogP) is 3.58. The van der Waals surface area contributed by atoms with Gasteiger partial charge in [0.25, 0.3) is 5.19 Å². The minimum atomic E-state index is 0.0412. The number of para-hydroxylation sites is 1. The van der Waals surface area contributed by atoms with E-state index in [9.17, 15) is 9.59 Å². The molecule has 2 amide bonds. The van der Waals surface area contributed by atoms with E-state index >= 15 is 0 Å². The topological polar surface area (TPSA) is 62.7 Å². The highest BCUT2D eigenvalue weighted by molar-refractivity contribution is 7.20. The summed E-state index contributed by atoms with van der Waals surface area (Å²) < 4.78 is 7.10. The second kappa shape index (κ2) is 8.25. The summed E-state index contributed by atoms with van der Waals surface area (Å²) in [6.45, 7) is 4.38. The molecule has 6 nitrogen and oxygen atoms in total. The number of piperidine rings is 2. The van der Waals surface area contributed by atoms with Gasteiger partial charge in [0.1, 0.15) is 11.6 Å². The van der Waals surface area contributed by atoms with Gasteiger partial charge in [-0.25, -0.2) is 4.98 Å². The van der Waals surface area contributed by atoms with E-state index in [4.69, 9.17) is 16.3 Å². The lowest BCUT2D eigenvalue weighted by atomic mass is 9.94. The van der Waals surface area contributed by atoms with E-state index in [2.05, 4.69) is 4.98 Å². The van der Waals surface area contributed by atoms with Crippen molar-refractivity contribution in [3.05, 3.63) is 23.2 Å². The number of likely N-dealkylation sites (tertiary alicyclic amines) is 2. The second-order valence-electron chi connectivity index (χ2n) is 7.49. The summed E-state index contributed by atoms with van der Waals surface area (Å²) in [6, 6.07) is 5.74. The highest BCUT2D eigenvalue weighted by Gasteiger charge is 2.32. The van der Waals surface area contributed by atoms with E-state index < -0.39 is 0 Å². The first-order chi connectivity index (χ1) is 13.5. The zero-order valence-corrected chi connectivity index (χ0v) is 17.5. The number of benzene rings is 1. The highest BCUT2D eigenvalue weighted by Crippen LogP contribution is 2.33. The summed E-state index contributed by atoms with van der Waals surface area (Å²) >= 11 is 7.70. The first kappa shape index (κ1) is 19.5. The van der Waals surface area contributed by atoms with Gasteiger partial charge < -0.3 is 14.5 Å². The zero-order valence-electron chi connectivity index (χ0n) is 15.9. The van der Waals surface area contributed by atoms with Crippen LogP contribution in [0.15, 0.2) is 18.2 Å². The van der Waals surface area contributed by atoms with Crippen molar-refractivity contribution < 1.29 is 14.3 Å². The Morgan fingerprint density at radius 1 is 1.11 bits per heavy atom. The molecule has 0 aliphatic carbocycles. The number of carbonyl (C=O) groups excluding carboxylic acids is 2. The monoisotopic (exact) mass is 421 g/mol. The van der Waals surface area contributed by atoms with Gasteiger partial charge in [0.15, 0.2) is 0 Å². The molecule has 8 heteroatoms. The molecule has 1 aromatic heterocycles. The molecule has 2 fully saturated rings. The van der Waals surface area contributed by atoms with Crippen LogP contribution in [-0.4, -0.2) is 58.9 Å². The molecule has 2 aliphatic rings. The lowest BCUT2D eigenvalue weighted by Crippen LogP contribution is -2.47. The Bertz CT molecular complexity index is 871. The van der Waals surface area contributed by atoms with Crippen LogP contribution in [0.2, 0.25) is 5.02 Å². The van der Waals surface area contributed by atoms with E-state index in [-0.39, 0.29) is 23.8 Å².